The van der Waals surface area contributed by atoms with Gasteiger partial charge < -0.3 is 10.3 Å². The molecule has 3 rings (SSSR count). The minimum atomic E-state index is -0.439. The minimum Gasteiger partial charge on any atom is -0.399 e. The Morgan fingerprint density at radius 3 is 2.88 bits per heavy atom. The number of halogens is 1. The van der Waals surface area contributed by atoms with Crippen molar-refractivity contribution in [1.29, 1.82) is 0 Å². The number of rotatable bonds is 2. The van der Waals surface area contributed by atoms with E-state index in [1.165, 1.54) is 6.07 Å². The standard InChI is InChI=1S/C11H10FN3O/c12-9-5-7(13)3-4-8(9)11-14-10(15-16-11)6-1-2-6/h3-6H,1-2,13H2. The van der Waals surface area contributed by atoms with Crippen molar-refractivity contribution in [2.45, 2.75) is 18.8 Å². The molecule has 1 fully saturated rings. The Morgan fingerprint density at radius 1 is 1.38 bits per heavy atom. The first-order chi connectivity index (χ1) is 7.74. The monoisotopic (exact) mass is 219 g/mol. The second-order valence-corrected chi connectivity index (χ2v) is 3.97. The van der Waals surface area contributed by atoms with E-state index in [9.17, 15) is 4.39 Å². The number of aromatic nitrogens is 2. The van der Waals surface area contributed by atoms with Crippen LogP contribution in [0.4, 0.5) is 10.1 Å². The van der Waals surface area contributed by atoms with Crippen LogP contribution in [0.5, 0.6) is 0 Å². The van der Waals surface area contributed by atoms with E-state index in [-0.39, 0.29) is 5.89 Å². The number of nitrogens with two attached hydrogens (primary N) is 1. The van der Waals surface area contributed by atoms with Gasteiger partial charge in [-0.3, -0.25) is 0 Å². The van der Waals surface area contributed by atoms with Gasteiger partial charge in [0.1, 0.15) is 5.82 Å². The van der Waals surface area contributed by atoms with Crippen LogP contribution in [0, 0.1) is 5.82 Å². The number of hydrogen-bond donors (Lipinski definition) is 1. The van der Waals surface area contributed by atoms with Gasteiger partial charge in [0.05, 0.1) is 5.56 Å². The average Bonchev–Trinajstić information content (AvgIpc) is 2.98. The maximum absolute atomic E-state index is 13.6. The number of anilines is 1. The zero-order valence-electron chi connectivity index (χ0n) is 8.48. The molecule has 2 N–H and O–H groups in total. The summed E-state index contributed by atoms with van der Waals surface area (Å²) in [6.07, 6.45) is 2.17. The Kier molecular flexibility index (Phi) is 1.92. The van der Waals surface area contributed by atoms with Gasteiger partial charge in [-0.2, -0.15) is 4.98 Å². The molecule has 0 unspecified atom stereocenters. The lowest BCUT2D eigenvalue weighted by Gasteiger charge is -1.97. The highest BCUT2D eigenvalue weighted by Gasteiger charge is 2.29. The van der Waals surface area contributed by atoms with Crippen molar-refractivity contribution in [2.75, 3.05) is 5.73 Å². The van der Waals surface area contributed by atoms with Crippen LogP contribution in [0.1, 0.15) is 24.6 Å². The molecule has 1 aromatic carbocycles. The van der Waals surface area contributed by atoms with Crippen molar-refractivity contribution >= 4 is 5.69 Å². The molecule has 0 atom stereocenters. The van der Waals surface area contributed by atoms with Gasteiger partial charge in [-0.25, -0.2) is 4.39 Å². The van der Waals surface area contributed by atoms with E-state index in [4.69, 9.17) is 10.3 Å². The summed E-state index contributed by atoms with van der Waals surface area (Å²) < 4.78 is 18.6. The molecule has 0 amide bonds. The van der Waals surface area contributed by atoms with E-state index in [1.807, 2.05) is 0 Å². The molecule has 0 radical (unpaired) electrons. The Balaban J connectivity index is 2.00. The van der Waals surface area contributed by atoms with E-state index in [2.05, 4.69) is 10.1 Å². The van der Waals surface area contributed by atoms with E-state index in [0.29, 0.717) is 23.0 Å². The minimum absolute atomic E-state index is 0.222. The van der Waals surface area contributed by atoms with Crippen molar-refractivity contribution in [2.24, 2.45) is 0 Å². The van der Waals surface area contributed by atoms with Gasteiger partial charge in [0.2, 0.25) is 0 Å². The Bertz CT molecular complexity index is 534. The first-order valence-corrected chi connectivity index (χ1v) is 5.13. The van der Waals surface area contributed by atoms with Gasteiger partial charge in [0.25, 0.3) is 5.89 Å². The van der Waals surface area contributed by atoms with E-state index >= 15 is 0 Å². The number of benzene rings is 1. The highest BCUT2D eigenvalue weighted by Crippen LogP contribution is 2.39. The predicted octanol–water partition coefficient (Wildman–Crippen LogP) is 2.34. The second kappa shape index (κ2) is 3.30. The summed E-state index contributed by atoms with van der Waals surface area (Å²) in [5.74, 6) is 0.853. The summed E-state index contributed by atoms with van der Waals surface area (Å²) >= 11 is 0. The van der Waals surface area contributed by atoms with Crippen molar-refractivity contribution in [3.63, 3.8) is 0 Å². The maximum Gasteiger partial charge on any atom is 0.260 e. The molecular weight excluding hydrogens is 209 g/mol. The average molecular weight is 219 g/mol. The molecule has 1 aromatic heterocycles. The molecule has 0 spiro atoms. The summed E-state index contributed by atoms with van der Waals surface area (Å²) in [7, 11) is 0. The summed E-state index contributed by atoms with van der Waals surface area (Å²) in [5.41, 5.74) is 6.14. The molecule has 82 valence electrons. The van der Waals surface area contributed by atoms with E-state index in [1.54, 1.807) is 12.1 Å². The van der Waals surface area contributed by atoms with Crippen molar-refractivity contribution in [3.8, 4) is 11.5 Å². The first-order valence-electron chi connectivity index (χ1n) is 5.13. The SMILES string of the molecule is Nc1ccc(-c2nc(C3CC3)no2)c(F)c1. The molecule has 1 heterocycles. The van der Waals surface area contributed by atoms with Gasteiger partial charge >= 0.3 is 0 Å². The summed E-state index contributed by atoms with van der Waals surface area (Å²) in [6.45, 7) is 0. The maximum atomic E-state index is 13.6. The quantitative estimate of drug-likeness (QED) is 0.787. The molecular formula is C11H10FN3O. The Morgan fingerprint density at radius 2 is 2.19 bits per heavy atom. The van der Waals surface area contributed by atoms with Crippen LogP contribution in [0.3, 0.4) is 0 Å². The molecule has 1 aliphatic rings. The van der Waals surface area contributed by atoms with Crippen LogP contribution >= 0.6 is 0 Å². The first kappa shape index (κ1) is 9.33. The van der Waals surface area contributed by atoms with E-state index < -0.39 is 5.82 Å². The van der Waals surface area contributed by atoms with Gasteiger partial charge in [0, 0.05) is 11.6 Å². The number of hydrogen-bond acceptors (Lipinski definition) is 4. The largest absolute Gasteiger partial charge is 0.399 e. The smallest absolute Gasteiger partial charge is 0.260 e. The normalized spacial score (nSPS) is 15.3. The van der Waals surface area contributed by atoms with Crippen molar-refractivity contribution in [1.82, 2.24) is 10.1 Å². The number of nitrogens with zero attached hydrogens (tertiary/aromatic N) is 2. The third-order valence-electron chi connectivity index (χ3n) is 2.61. The molecule has 0 saturated heterocycles. The Labute approximate surface area is 91.3 Å². The highest BCUT2D eigenvalue weighted by atomic mass is 19.1. The third-order valence-corrected chi connectivity index (χ3v) is 2.61. The lowest BCUT2D eigenvalue weighted by atomic mass is 10.2. The molecule has 0 bridgehead atoms. The van der Waals surface area contributed by atoms with Gasteiger partial charge in [-0.15, -0.1) is 0 Å². The molecule has 16 heavy (non-hydrogen) atoms. The third kappa shape index (κ3) is 1.54. The summed E-state index contributed by atoms with van der Waals surface area (Å²) in [4.78, 5) is 4.17. The molecule has 1 saturated carbocycles. The van der Waals surface area contributed by atoms with Gasteiger partial charge in [-0.05, 0) is 31.0 Å². The fourth-order valence-corrected chi connectivity index (χ4v) is 1.56. The lowest BCUT2D eigenvalue weighted by molar-refractivity contribution is 0.420. The molecule has 0 aliphatic heterocycles. The molecule has 1 aliphatic carbocycles. The molecule has 2 aromatic rings. The lowest BCUT2D eigenvalue weighted by Crippen LogP contribution is -1.90. The van der Waals surface area contributed by atoms with Crippen molar-refractivity contribution < 1.29 is 8.91 Å². The Hall–Kier alpha value is -1.91. The second-order valence-electron chi connectivity index (χ2n) is 3.97. The van der Waals surface area contributed by atoms with Crippen LogP contribution in [0.2, 0.25) is 0 Å². The van der Waals surface area contributed by atoms with Gasteiger partial charge in [0.15, 0.2) is 5.82 Å². The molecule has 5 heteroatoms. The van der Waals surface area contributed by atoms with Crippen molar-refractivity contribution in [3.05, 3.63) is 29.8 Å². The predicted molar refractivity (Wildman–Crippen MR) is 56.1 cm³/mol. The zero-order valence-corrected chi connectivity index (χ0v) is 8.48. The van der Waals surface area contributed by atoms with Crippen LogP contribution < -0.4 is 5.73 Å². The summed E-state index contributed by atoms with van der Waals surface area (Å²) in [5, 5.41) is 3.83. The topological polar surface area (TPSA) is 64.9 Å². The number of nitrogen functional groups attached to an aromatic ring is 1. The van der Waals surface area contributed by atoms with Crippen LogP contribution in [-0.2, 0) is 0 Å². The fraction of sp³-hybridized carbons (Fsp3) is 0.273. The van der Waals surface area contributed by atoms with Crippen LogP contribution in [0.25, 0.3) is 11.5 Å². The fourth-order valence-electron chi connectivity index (χ4n) is 1.56. The molecule has 4 nitrogen and oxygen atoms in total. The van der Waals surface area contributed by atoms with Gasteiger partial charge in [-0.1, -0.05) is 5.16 Å². The highest BCUT2D eigenvalue weighted by molar-refractivity contribution is 5.58. The van der Waals surface area contributed by atoms with Crippen LogP contribution in [-0.4, -0.2) is 10.1 Å². The van der Waals surface area contributed by atoms with Crippen LogP contribution in [0.15, 0.2) is 22.7 Å². The van der Waals surface area contributed by atoms with E-state index in [0.717, 1.165) is 12.8 Å². The zero-order chi connectivity index (χ0) is 11.1. The summed E-state index contributed by atoms with van der Waals surface area (Å²) in [6, 6.07) is 4.41.